The van der Waals surface area contributed by atoms with E-state index in [1.54, 1.807) is 28.8 Å². The number of hydrogen-bond acceptors (Lipinski definition) is 1. The molecule has 0 aliphatic carbocycles. The van der Waals surface area contributed by atoms with Gasteiger partial charge in [-0.1, -0.05) is 12.1 Å². The zero-order chi connectivity index (χ0) is 13.4. The molecule has 19 heavy (non-hydrogen) atoms. The molecular weight excluding hydrogens is 270 g/mol. The summed E-state index contributed by atoms with van der Waals surface area (Å²) in [6, 6.07) is 10.7. The largest absolute Gasteiger partial charge is 0.295 e. The molecule has 2 nitrogen and oxygen atoms in total. The van der Waals surface area contributed by atoms with Crippen molar-refractivity contribution in [3.8, 4) is 5.69 Å². The van der Waals surface area contributed by atoms with Gasteiger partial charge in [0.1, 0.15) is 17.2 Å². The number of para-hydroxylation sites is 1. The van der Waals surface area contributed by atoms with Crippen LogP contribution < -0.4 is 0 Å². The minimum Gasteiger partial charge on any atom is -0.295 e. The monoisotopic (exact) mass is 278 g/mol. The van der Waals surface area contributed by atoms with Crippen molar-refractivity contribution in [3.05, 3.63) is 59.9 Å². The van der Waals surface area contributed by atoms with Gasteiger partial charge in [-0.05, 0) is 30.3 Å². The molecule has 0 atom stereocenters. The van der Waals surface area contributed by atoms with Gasteiger partial charge in [-0.3, -0.25) is 4.57 Å². The van der Waals surface area contributed by atoms with E-state index in [0.717, 1.165) is 0 Å². The molecule has 3 rings (SSSR count). The van der Waals surface area contributed by atoms with Crippen LogP contribution in [0, 0.1) is 11.6 Å². The molecule has 0 amide bonds. The van der Waals surface area contributed by atoms with E-state index in [1.165, 1.54) is 18.2 Å². The molecule has 0 fully saturated rings. The van der Waals surface area contributed by atoms with Gasteiger partial charge in [-0.15, -0.1) is 11.6 Å². The molecule has 0 radical (unpaired) electrons. The second-order valence-corrected chi connectivity index (χ2v) is 4.35. The molecule has 2 aromatic carbocycles. The summed E-state index contributed by atoms with van der Waals surface area (Å²) < 4.78 is 28.7. The van der Waals surface area contributed by atoms with Gasteiger partial charge in [0.2, 0.25) is 0 Å². The Morgan fingerprint density at radius 2 is 1.89 bits per heavy atom. The lowest BCUT2D eigenvalue weighted by Gasteiger charge is -2.07. The Kier molecular flexibility index (Phi) is 2.95. The van der Waals surface area contributed by atoms with E-state index in [1.807, 2.05) is 0 Å². The maximum atomic E-state index is 13.7. The van der Waals surface area contributed by atoms with Crippen LogP contribution in [-0.2, 0) is 5.88 Å². The van der Waals surface area contributed by atoms with E-state index >= 15 is 0 Å². The van der Waals surface area contributed by atoms with Gasteiger partial charge < -0.3 is 0 Å². The van der Waals surface area contributed by atoms with Gasteiger partial charge in [0.25, 0.3) is 0 Å². The zero-order valence-electron chi connectivity index (χ0n) is 9.78. The molecule has 0 saturated heterocycles. The van der Waals surface area contributed by atoms with Crippen molar-refractivity contribution in [2.75, 3.05) is 0 Å². The predicted molar refractivity (Wildman–Crippen MR) is 70.5 cm³/mol. The van der Waals surface area contributed by atoms with Gasteiger partial charge in [0.05, 0.1) is 17.1 Å². The second kappa shape index (κ2) is 4.63. The molecule has 0 unspecified atom stereocenters. The molecule has 3 aromatic rings. The summed E-state index contributed by atoms with van der Waals surface area (Å²) in [7, 11) is 0. The van der Waals surface area contributed by atoms with Crippen LogP contribution in [0.4, 0.5) is 8.78 Å². The lowest BCUT2D eigenvalue weighted by atomic mass is 10.2. The highest BCUT2D eigenvalue weighted by Gasteiger charge is 2.14. The first-order valence-electron chi connectivity index (χ1n) is 5.68. The Morgan fingerprint density at radius 3 is 2.63 bits per heavy atom. The Hall–Kier alpha value is -1.94. The van der Waals surface area contributed by atoms with E-state index in [-0.39, 0.29) is 17.2 Å². The number of hydrogen-bond donors (Lipinski definition) is 0. The van der Waals surface area contributed by atoms with Gasteiger partial charge in [-0.25, -0.2) is 13.8 Å². The third-order valence-electron chi connectivity index (χ3n) is 2.89. The van der Waals surface area contributed by atoms with Gasteiger partial charge in [0.15, 0.2) is 5.82 Å². The first-order valence-corrected chi connectivity index (χ1v) is 6.22. The van der Waals surface area contributed by atoms with Crippen molar-refractivity contribution in [1.82, 2.24) is 9.55 Å². The molecule has 0 N–H and O–H groups in total. The molecule has 0 bridgehead atoms. The number of rotatable bonds is 2. The maximum absolute atomic E-state index is 13.7. The topological polar surface area (TPSA) is 17.8 Å². The lowest BCUT2D eigenvalue weighted by molar-refractivity contribution is 0.626. The molecule has 1 heterocycles. The third kappa shape index (κ3) is 1.98. The summed E-state index contributed by atoms with van der Waals surface area (Å²) in [6.07, 6.45) is 0. The Morgan fingerprint density at radius 1 is 1.11 bits per heavy atom. The highest BCUT2D eigenvalue weighted by Crippen LogP contribution is 2.24. The average molecular weight is 279 g/mol. The van der Waals surface area contributed by atoms with E-state index in [2.05, 4.69) is 4.98 Å². The molecule has 0 aliphatic heterocycles. The Balaban J connectivity index is 2.36. The average Bonchev–Trinajstić information content (AvgIpc) is 2.78. The molecule has 0 aliphatic rings. The summed E-state index contributed by atoms with van der Waals surface area (Å²) in [5, 5.41) is 0. The number of benzene rings is 2. The van der Waals surface area contributed by atoms with Crippen LogP contribution in [-0.4, -0.2) is 9.55 Å². The third-order valence-corrected chi connectivity index (χ3v) is 3.13. The van der Waals surface area contributed by atoms with Crippen molar-refractivity contribution in [2.45, 2.75) is 5.88 Å². The summed E-state index contributed by atoms with van der Waals surface area (Å²) in [6.45, 7) is 0. The summed E-state index contributed by atoms with van der Waals surface area (Å²) in [5.74, 6) is -0.187. The van der Waals surface area contributed by atoms with Crippen LogP contribution in [0.2, 0.25) is 0 Å². The number of nitrogens with zero attached hydrogens (tertiary/aromatic N) is 2. The highest BCUT2D eigenvalue weighted by molar-refractivity contribution is 6.17. The van der Waals surface area contributed by atoms with Crippen molar-refractivity contribution in [3.63, 3.8) is 0 Å². The van der Waals surface area contributed by atoms with Crippen LogP contribution >= 0.6 is 11.6 Å². The summed E-state index contributed by atoms with van der Waals surface area (Å²) >= 11 is 5.85. The highest BCUT2D eigenvalue weighted by atomic mass is 35.5. The number of halogens is 3. The SMILES string of the molecule is Fc1cccc(-n2c(CCl)nc3c(F)cccc32)c1. The number of fused-ring (bicyclic) bond motifs is 1. The van der Waals surface area contributed by atoms with Crippen molar-refractivity contribution in [1.29, 1.82) is 0 Å². The van der Waals surface area contributed by atoms with Crippen LogP contribution in [0.1, 0.15) is 5.82 Å². The molecule has 0 saturated carbocycles. The summed E-state index contributed by atoms with van der Waals surface area (Å²) in [5.41, 5.74) is 1.38. The molecular formula is C14H9ClF2N2. The van der Waals surface area contributed by atoms with Crippen molar-refractivity contribution >= 4 is 22.6 Å². The minimum absolute atomic E-state index is 0.116. The van der Waals surface area contributed by atoms with Crippen LogP contribution in [0.5, 0.6) is 0 Å². The fraction of sp³-hybridized carbons (Fsp3) is 0.0714. The van der Waals surface area contributed by atoms with E-state index in [9.17, 15) is 8.78 Å². The standard InChI is InChI=1S/C14H9ClF2N2/c15-8-13-18-14-11(17)5-2-6-12(14)19(13)10-4-1-3-9(16)7-10/h1-7H,8H2. The van der Waals surface area contributed by atoms with Crippen molar-refractivity contribution in [2.24, 2.45) is 0 Å². The first-order chi connectivity index (χ1) is 9.20. The molecule has 0 spiro atoms. The Bertz CT molecular complexity index is 752. The second-order valence-electron chi connectivity index (χ2n) is 4.08. The van der Waals surface area contributed by atoms with Gasteiger partial charge in [-0.2, -0.15) is 0 Å². The Labute approximate surface area is 113 Å². The predicted octanol–water partition coefficient (Wildman–Crippen LogP) is 4.04. The van der Waals surface area contributed by atoms with Gasteiger partial charge >= 0.3 is 0 Å². The molecule has 96 valence electrons. The quantitative estimate of drug-likeness (QED) is 0.647. The van der Waals surface area contributed by atoms with Crippen molar-refractivity contribution < 1.29 is 8.78 Å². The van der Waals surface area contributed by atoms with E-state index in [4.69, 9.17) is 11.6 Å². The van der Waals surface area contributed by atoms with Crippen LogP contribution in [0.3, 0.4) is 0 Å². The molecule has 5 heteroatoms. The fourth-order valence-electron chi connectivity index (χ4n) is 2.11. The van der Waals surface area contributed by atoms with E-state index < -0.39 is 5.82 Å². The normalized spacial score (nSPS) is 11.1. The van der Waals surface area contributed by atoms with E-state index in [0.29, 0.717) is 17.0 Å². The zero-order valence-corrected chi connectivity index (χ0v) is 10.5. The summed E-state index contributed by atoms with van der Waals surface area (Å²) in [4.78, 5) is 4.17. The fourth-order valence-corrected chi connectivity index (χ4v) is 2.29. The number of alkyl halides is 1. The van der Waals surface area contributed by atoms with Crippen LogP contribution in [0.25, 0.3) is 16.7 Å². The number of aromatic nitrogens is 2. The minimum atomic E-state index is -0.418. The lowest BCUT2D eigenvalue weighted by Crippen LogP contribution is -1.99. The van der Waals surface area contributed by atoms with Gasteiger partial charge in [0, 0.05) is 0 Å². The maximum Gasteiger partial charge on any atom is 0.151 e. The number of imidazole rings is 1. The van der Waals surface area contributed by atoms with Crippen LogP contribution in [0.15, 0.2) is 42.5 Å². The smallest absolute Gasteiger partial charge is 0.151 e. The molecule has 1 aromatic heterocycles. The first kappa shape index (κ1) is 12.1.